The summed E-state index contributed by atoms with van der Waals surface area (Å²) in [5, 5.41) is 13.4. The normalized spacial score (nSPS) is 21.1. The first kappa shape index (κ1) is 27.7. The van der Waals surface area contributed by atoms with Crippen molar-refractivity contribution in [3.63, 3.8) is 0 Å². The van der Waals surface area contributed by atoms with Gasteiger partial charge in [0.15, 0.2) is 17.7 Å². The van der Waals surface area contributed by atoms with E-state index in [4.69, 9.17) is 24.3 Å². The van der Waals surface area contributed by atoms with Gasteiger partial charge in [-0.05, 0) is 24.6 Å². The molecule has 1 saturated heterocycles. The minimum atomic E-state index is -4.11. The Balaban J connectivity index is 1.25. The lowest BCUT2D eigenvalue weighted by atomic mass is 10.2. The van der Waals surface area contributed by atoms with E-state index in [-0.39, 0.29) is 31.2 Å². The van der Waals surface area contributed by atoms with Crippen molar-refractivity contribution in [3.8, 4) is 5.75 Å². The molecule has 40 heavy (non-hydrogen) atoms. The first-order chi connectivity index (χ1) is 19.3. The van der Waals surface area contributed by atoms with Crippen LogP contribution in [0.5, 0.6) is 5.75 Å². The molecule has 4 unspecified atom stereocenters. The van der Waals surface area contributed by atoms with Gasteiger partial charge >= 0.3 is 13.7 Å². The minimum Gasteiger partial charge on any atom is -0.460 e. The van der Waals surface area contributed by atoms with Gasteiger partial charge in [0, 0.05) is 6.42 Å². The molecule has 5 atom stereocenters. The zero-order chi connectivity index (χ0) is 28.1. The molecule has 0 aliphatic carbocycles. The minimum absolute atomic E-state index is 0.0606. The molecular formula is C26H29N6O7P. The van der Waals surface area contributed by atoms with Crippen LogP contribution in [0.1, 0.15) is 25.1 Å². The van der Waals surface area contributed by atoms with Crippen molar-refractivity contribution in [1.82, 2.24) is 24.6 Å². The summed E-state index contributed by atoms with van der Waals surface area (Å²) < 4.78 is 38.1. The molecule has 0 radical (unpaired) electrons. The van der Waals surface area contributed by atoms with E-state index in [2.05, 4.69) is 20.0 Å². The predicted octanol–water partition coefficient (Wildman–Crippen LogP) is 2.98. The van der Waals surface area contributed by atoms with Gasteiger partial charge in [-0.1, -0.05) is 48.5 Å². The molecule has 1 fully saturated rings. The lowest BCUT2D eigenvalue weighted by molar-refractivity contribution is -0.146. The quantitative estimate of drug-likeness (QED) is 0.179. The number of anilines is 1. The van der Waals surface area contributed by atoms with E-state index in [1.165, 1.54) is 19.6 Å². The van der Waals surface area contributed by atoms with Gasteiger partial charge in [-0.15, -0.1) is 0 Å². The highest BCUT2D eigenvalue weighted by molar-refractivity contribution is 7.52. The number of hydrogen-bond donors (Lipinski definition) is 3. The molecule has 1 aliphatic heterocycles. The number of benzene rings is 2. The summed E-state index contributed by atoms with van der Waals surface area (Å²) in [5.41, 5.74) is 7.47. The molecule has 14 heteroatoms. The van der Waals surface area contributed by atoms with Crippen molar-refractivity contribution in [2.75, 3.05) is 12.3 Å². The standard InChI is InChI=1S/C26H29N6O7P/c1-17(26(34)36-13-18-8-4-2-5-9-18)31-40(35,39-19-10-6-3-7-11-19)37-14-20-12-21(33)25(38-20)32-16-30-22-23(27)28-15-29-24(22)32/h2-11,15-17,20-21,25,33H,12-14H2,1H3,(H,31,35)(H2,27,28,29)/t17?,20-,21?,25?,40?/m0/s1. The molecule has 0 bridgehead atoms. The second-order valence-electron chi connectivity index (χ2n) is 9.18. The van der Waals surface area contributed by atoms with Gasteiger partial charge < -0.3 is 24.8 Å². The van der Waals surface area contributed by atoms with Crippen LogP contribution in [-0.4, -0.2) is 55.5 Å². The summed E-state index contributed by atoms with van der Waals surface area (Å²) in [7, 11) is -4.11. The molecule has 1 aliphatic rings. The lowest BCUT2D eigenvalue weighted by Crippen LogP contribution is -2.35. The summed E-state index contributed by atoms with van der Waals surface area (Å²) in [4.78, 5) is 25.0. The van der Waals surface area contributed by atoms with Crippen LogP contribution in [-0.2, 0) is 30.0 Å². The maximum Gasteiger partial charge on any atom is 0.459 e. The number of esters is 1. The third-order valence-electron chi connectivity index (χ3n) is 6.16. The predicted molar refractivity (Wildman–Crippen MR) is 144 cm³/mol. The topological polar surface area (TPSA) is 173 Å². The molecule has 0 saturated carbocycles. The average molecular weight is 569 g/mol. The van der Waals surface area contributed by atoms with E-state index in [9.17, 15) is 14.5 Å². The number of nitrogens with zero attached hydrogens (tertiary/aromatic N) is 4. The SMILES string of the molecule is CC(NP(=O)(OC[C@@H]1CC(O)C(n2cnc3c(N)ncnc32)O1)Oc1ccccc1)C(=O)OCc1ccccc1. The van der Waals surface area contributed by atoms with Gasteiger partial charge in [0.1, 0.15) is 36.3 Å². The fraction of sp³-hybridized carbons (Fsp3) is 0.308. The van der Waals surface area contributed by atoms with Crippen LogP contribution in [0.2, 0.25) is 0 Å². The Morgan fingerprint density at radius 2 is 1.90 bits per heavy atom. The summed E-state index contributed by atoms with van der Waals surface area (Å²) in [6.07, 6.45) is 0.503. The summed E-state index contributed by atoms with van der Waals surface area (Å²) in [5.74, 6) is -0.154. The first-order valence-corrected chi connectivity index (χ1v) is 14.1. The van der Waals surface area contributed by atoms with Gasteiger partial charge in [-0.25, -0.2) is 19.5 Å². The van der Waals surface area contributed by atoms with Crippen molar-refractivity contribution in [2.45, 2.75) is 44.4 Å². The zero-order valence-corrected chi connectivity index (χ0v) is 22.5. The number of para-hydroxylation sites is 1. The van der Waals surface area contributed by atoms with Crippen LogP contribution < -0.4 is 15.3 Å². The third-order valence-corrected chi connectivity index (χ3v) is 7.80. The van der Waals surface area contributed by atoms with Gasteiger partial charge in [0.05, 0.1) is 19.0 Å². The Labute approximate surface area is 229 Å². The van der Waals surface area contributed by atoms with Crippen molar-refractivity contribution >= 4 is 30.7 Å². The van der Waals surface area contributed by atoms with Crippen molar-refractivity contribution in [2.24, 2.45) is 0 Å². The highest BCUT2D eigenvalue weighted by atomic mass is 31.2. The Kier molecular flexibility index (Phi) is 8.38. The highest BCUT2D eigenvalue weighted by Crippen LogP contribution is 2.46. The summed E-state index contributed by atoms with van der Waals surface area (Å²) in [6, 6.07) is 16.6. The molecule has 4 aromatic rings. The molecule has 5 rings (SSSR count). The van der Waals surface area contributed by atoms with Crippen LogP contribution in [0.4, 0.5) is 5.82 Å². The van der Waals surface area contributed by atoms with Crippen LogP contribution >= 0.6 is 7.75 Å². The van der Waals surface area contributed by atoms with Crippen molar-refractivity contribution in [1.29, 1.82) is 0 Å². The van der Waals surface area contributed by atoms with E-state index in [1.54, 1.807) is 34.9 Å². The average Bonchev–Trinajstić information content (AvgIpc) is 3.55. The summed E-state index contributed by atoms with van der Waals surface area (Å²) in [6.45, 7) is 1.35. The number of ether oxygens (including phenoxy) is 2. The Hall–Kier alpha value is -3.87. The van der Waals surface area contributed by atoms with Gasteiger partial charge in [0.25, 0.3) is 0 Å². The lowest BCUT2D eigenvalue weighted by Gasteiger charge is -2.24. The van der Waals surface area contributed by atoms with Crippen LogP contribution in [0.15, 0.2) is 73.3 Å². The van der Waals surface area contributed by atoms with Crippen LogP contribution in [0.25, 0.3) is 11.2 Å². The highest BCUT2D eigenvalue weighted by Gasteiger charge is 2.39. The number of nitrogens with one attached hydrogen (secondary N) is 1. The molecule has 2 aromatic heterocycles. The van der Waals surface area contributed by atoms with Crippen LogP contribution in [0.3, 0.4) is 0 Å². The molecule has 0 amide bonds. The molecule has 2 aromatic carbocycles. The third kappa shape index (κ3) is 6.46. The van der Waals surface area contributed by atoms with E-state index in [0.717, 1.165) is 5.56 Å². The molecular weight excluding hydrogens is 539 g/mol. The van der Waals surface area contributed by atoms with Crippen LogP contribution in [0, 0.1) is 0 Å². The number of nitrogen functional groups attached to an aromatic ring is 1. The van der Waals surface area contributed by atoms with E-state index >= 15 is 0 Å². The molecule has 4 N–H and O–H groups in total. The number of rotatable bonds is 11. The number of aliphatic hydroxyl groups excluding tert-OH is 1. The van der Waals surface area contributed by atoms with Crippen molar-refractivity contribution < 1.29 is 33.0 Å². The van der Waals surface area contributed by atoms with E-state index in [0.29, 0.717) is 11.2 Å². The molecule has 13 nitrogen and oxygen atoms in total. The molecule has 210 valence electrons. The maximum absolute atomic E-state index is 13.8. The maximum atomic E-state index is 13.8. The number of carbonyl (C=O) groups excluding carboxylic acids is 1. The fourth-order valence-corrected chi connectivity index (χ4v) is 5.70. The monoisotopic (exact) mass is 568 g/mol. The molecule has 3 heterocycles. The smallest absolute Gasteiger partial charge is 0.459 e. The fourth-order valence-electron chi connectivity index (χ4n) is 4.18. The Bertz CT molecular complexity index is 1490. The number of nitrogens with two attached hydrogens (primary N) is 1. The number of fused-ring (bicyclic) bond motifs is 1. The van der Waals surface area contributed by atoms with E-state index in [1.807, 2.05) is 30.3 Å². The summed E-state index contributed by atoms with van der Waals surface area (Å²) >= 11 is 0. The second-order valence-corrected chi connectivity index (χ2v) is 10.9. The Morgan fingerprint density at radius 3 is 2.65 bits per heavy atom. The first-order valence-electron chi connectivity index (χ1n) is 12.6. The number of imidazole rings is 1. The Morgan fingerprint density at radius 1 is 1.18 bits per heavy atom. The van der Waals surface area contributed by atoms with Gasteiger partial charge in [-0.2, -0.15) is 5.09 Å². The number of carbonyl (C=O) groups is 1. The van der Waals surface area contributed by atoms with Gasteiger partial charge in [-0.3, -0.25) is 13.9 Å². The number of aromatic nitrogens is 4. The van der Waals surface area contributed by atoms with Crippen molar-refractivity contribution in [3.05, 3.63) is 78.9 Å². The number of aliphatic hydroxyl groups is 1. The second kappa shape index (κ2) is 12.1. The molecule has 0 spiro atoms. The number of hydrogen-bond acceptors (Lipinski definition) is 11. The largest absolute Gasteiger partial charge is 0.460 e. The van der Waals surface area contributed by atoms with E-state index < -0.39 is 38.2 Å². The van der Waals surface area contributed by atoms with Gasteiger partial charge in [0.2, 0.25) is 0 Å². The zero-order valence-electron chi connectivity index (χ0n) is 21.6.